The molecule has 2 heterocycles. The molecule has 6 heteroatoms. The van der Waals surface area contributed by atoms with Gasteiger partial charge in [-0.1, -0.05) is 6.07 Å². The number of anilines is 1. The van der Waals surface area contributed by atoms with E-state index in [2.05, 4.69) is 15.8 Å². The van der Waals surface area contributed by atoms with Crippen LogP contribution < -0.4 is 5.73 Å². The van der Waals surface area contributed by atoms with Gasteiger partial charge in [-0.25, -0.2) is 9.78 Å². The molecule has 0 aliphatic heterocycles. The number of nitrogen functional groups attached to an aromatic ring is 1. The Labute approximate surface area is 109 Å². The molecule has 5 nitrogen and oxygen atoms in total. The first-order chi connectivity index (χ1) is 8.63. The second-order valence-corrected chi connectivity index (χ2v) is 5.04. The molecule has 96 valence electrons. The Kier molecular flexibility index (Phi) is 3.66. The van der Waals surface area contributed by atoms with E-state index in [1.54, 1.807) is 22.2 Å². The fraction of sp³-hybridized carbons (Fsp3) is 0.333. The van der Waals surface area contributed by atoms with Crippen LogP contribution in [0.3, 0.4) is 0 Å². The Morgan fingerprint density at radius 2 is 2.44 bits per heavy atom. The number of esters is 1. The molecular weight excluding hydrogens is 250 g/mol. The molecule has 2 N–H and O–H groups in total. The molecule has 1 unspecified atom stereocenters. The topological polar surface area (TPSA) is 70.1 Å². The number of carbonyl (C=O) groups excluding carboxylic acids is 1. The second-order valence-electron chi connectivity index (χ2n) is 4.01. The predicted molar refractivity (Wildman–Crippen MR) is 70.7 cm³/mol. The van der Waals surface area contributed by atoms with Crippen LogP contribution in [-0.4, -0.2) is 22.6 Å². The van der Waals surface area contributed by atoms with Crippen molar-refractivity contribution in [2.24, 2.45) is 0 Å². The lowest BCUT2D eigenvalue weighted by Gasteiger charge is -2.13. The summed E-state index contributed by atoms with van der Waals surface area (Å²) >= 11 is 1.70. The van der Waals surface area contributed by atoms with Crippen molar-refractivity contribution in [3.63, 3.8) is 0 Å². The number of carbonyl (C=O) groups is 1. The third kappa shape index (κ3) is 2.38. The first-order valence-electron chi connectivity index (χ1n) is 5.56. The van der Waals surface area contributed by atoms with Crippen molar-refractivity contribution in [3.05, 3.63) is 34.4 Å². The number of nitrogens with zero attached hydrogens (tertiary/aromatic N) is 2. The van der Waals surface area contributed by atoms with Crippen molar-refractivity contribution in [1.29, 1.82) is 0 Å². The Balaban J connectivity index is 2.18. The first-order valence-corrected chi connectivity index (χ1v) is 6.44. The van der Waals surface area contributed by atoms with Gasteiger partial charge in [-0.15, -0.1) is 11.3 Å². The SMILES string of the molecule is COC(=O)c1ncn(C(C)Cc2cccs2)c1N. The van der Waals surface area contributed by atoms with E-state index < -0.39 is 5.97 Å². The maximum atomic E-state index is 11.4. The third-order valence-corrected chi connectivity index (χ3v) is 3.66. The first kappa shape index (κ1) is 12.6. The molecule has 2 aromatic heterocycles. The highest BCUT2D eigenvalue weighted by Crippen LogP contribution is 2.22. The van der Waals surface area contributed by atoms with Gasteiger partial charge in [0, 0.05) is 17.3 Å². The van der Waals surface area contributed by atoms with E-state index in [1.807, 2.05) is 18.4 Å². The number of methoxy groups -OCH3 is 1. The number of nitrogens with two attached hydrogens (primary N) is 1. The molecule has 0 radical (unpaired) electrons. The summed E-state index contributed by atoms with van der Waals surface area (Å²) in [5.41, 5.74) is 6.09. The molecule has 1 atom stereocenters. The van der Waals surface area contributed by atoms with Gasteiger partial charge in [-0.2, -0.15) is 0 Å². The lowest BCUT2D eigenvalue weighted by atomic mass is 10.2. The summed E-state index contributed by atoms with van der Waals surface area (Å²) in [6.07, 6.45) is 2.44. The molecule has 0 aliphatic rings. The zero-order valence-electron chi connectivity index (χ0n) is 10.3. The van der Waals surface area contributed by atoms with Crippen LogP contribution in [0.5, 0.6) is 0 Å². The molecule has 0 fully saturated rings. The normalized spacial score (nSPS) is 12.3. The van der Waals surface area contributed by atoms with Crippen molar-refractivity contribution in [1.82, 2.24) is 9.55 Å². The minimum Gasteiger partial charge on any atom is -0.464 e. The van der Waals surface area contributed by atoms with E-state index in [9.17, 15) is 4.79 Å². The van der Waals surface area contributed by atoms with Crippen LogP contribution in [0.15, 0.2) is 23.8 Å². The van der Waals surface area contributed by atoms with Crippen molar-refractivity contribution >= 4 is 23.1 Å². The summed E-state index contributed by atoms with van der Waals surface area (Å²) in [5.74, 6) is -0.152. The fourth-order valence-corrected chi connectivity index (χ4v) is 2.62. The highest BCUT2D eigenvalue weighted by Gasteiger charge is 2.19. The summed E-state index contributed by atoms with van der Waals surface area (Å²) in [4.78, 5) is 16.7. The summed E-state index contributed by atoms with van der Waals surface area (Å²) in [7, 11) is 1.32. The minimum atomic E-state index is -0.505. The summed E-state index contributed by atoms with van der Waals surface area (Å²) < 4.78 is 6.42. The van der Waals surface area contributed by atoms with Crippen LogP contribution in [0.25, 0.3) is 0 Å². The number of ether oxygens (including phenoxy) is 1. The highest BCUT2D eigenvalue weighted by atomic mass is 32.1. The quantitative estimate of drug-likeness (QED) is 0.860. The summed E-state index contributed by atoms with van der Waals surface area (Å²) in [5, 5.41) is 2.04. The van der Waals surface area contributed by atoms with Crippen LogP contribution in [0.4, 0.5) is 5.82 Å². The Morgan fingerprint density at radius 1 is 1.67 bits per heavy atom. The zero-order chi connectivity index (χ0) is 13.1. The van der Waals surface area contributed by atoms with Crippen LogP contribution in [-0.2, 0) is 11.2 Å². The van der Waals surface area contributed by atoms with Crippen LogP contribution in [0.2, 0.25) is 0 Å². The monoisotopic (exact) mass is 265 g/mol. The van der Waals surface area contributed by atoms with E-state index >= 15 is 0 Å². The number of hydrogen-bond acceptors (Lipinski definition) is 5. The lowest BCUT2D eigenvalue weighted by Crippen LogP contribution is -2.12. The van der Waals surface area contributed by atoms with Crippen molar-refractivity contribution in [3.8, 4) is 0 Å². The third-order valence-electron chi connectivity index (χ3n) is 2.76. The van der Waals surface area contributed by atoms with E-state index in [-0.39, 0.29) is 11.7 Å². The summed E-state index contributed by atoms with van der Waals surface area (Å²) in [6.45, 7) is 2.04. The Bertz CT molecular complexity index is 534. The molecule has 2 aromatic rings. The number of thiophene rings is 1. The molecule has 0 aromatic carbocycles. The van der Waals surface area contributed by atoms with Gasteiger partial charge in [0.1, 0.15) is 5.82 Å². The smallest absolute Gasteiger partial charge is 0.360 e. The van der Waals surface area contributed by atoms with Gasteiger partial charge in [0.15, 0.2) is 5.69 Å². The van der Waals surface area contributed by atoms with Gasteiger partial charge in [0.25, 0.3) is 0 Å². The molecule has 0 amide bonds. The maximum Gasteiger partial charge on any atom is 0.360 e. The molecule has 0 saturated carbocycles. The van der Waals surface area contributed by atoms with E-state index in [4.69, 9.17) is 5.73 Å². The van der Waals surface area contributed by atoms with Gasteiger partial charge in [0.05, 0.1) is 13.4 Å². The Hall–Kier alpha value is -1.82. The van der Waals surface area contributed by atoms with E-state index in [0.717, 1.165) is 6.42 Å². The van der Waals surface area contributed by atoms with Crippen molar-refractivity contribution in [2.45, 2.75) is 19.4 Å². The highest BCUT2D eigenvalue weighted by molar-refractivity contribution is 7.09. The lowest BCUT2D eigenvalue weighted by molar-refractivity contribution is 0.0596. The molecule has 0 aliphatic carbocycles. The zero-order valence-corrected chi connectivity index (χ0v) is 11.1. The number of imidazole rings is 1. The van der Waals surface area contributed by atoms with Crippen LogP contribution >= 0.6 is 11.3 Å². The van der Waals surface area contributed by atoms with Crippen LogP contribution in [0, 0.1) is 0 Å². The standard InChI is InChI=1S/C12H15N3O2S/c1-8(6-9-4-3-5-18-9)15-7-14-10(11(15)13)12(16)17-2/h3-5,7-8H,6,13H2,1-2H3. The van der Waals surface area contributed by atoms with Gasteiger partial charge in [0.2, 0.25) is 0 Å². The number of aromatic nitrogens is 2. The molecule has 0 spiro atoms. The summed E-state index contributed by atoms with van der Waals surface area (Å²) in [6, 6.07) is 4.24. The van der Waals surface area contributed by atoms with Crippen molar-refractivity contribution < 1.29 is 9.53 Å². The number of rotatable bonds is 4. The van der Waals surface area contributed by atoms with Crippen molar-refractivity contribution in [2.75, 3.05) is 12.8 Å². The van der Waals surface area contributed by atoms with Gasteiger partial charge in [-0.05, 0) is 18.4 Å². The van der Waals surface area contributed by atoms with E-state index in [1.165, 1.54) is 12.0 Å². The Morgan fingerprint density at radius 3 is 3.06 bits per heavy atom. The van der Waals surface area contributed by atoms with Gasteiger partial charge < -0.3 is 15.0 Å². The number of hydrogen-bond donors (Lipinski definition) is 1. The fourth-order valence-electron chi connectivity index (χ4n) is 1.79. The average Bonchev–Trinajstić information content (AvgIpc) is 2.97. The van der Waals surface area contributed by atoms with Crippen LogP contribution in [0.1, 0.15) is 28.3 Å². The average molecular weight is 265 g/mol. The molecule has 0 saturated heterocycles. The molecule has 0 bridgehead atoms. The maximum absolute atomic E-state index is 11.4. The van der Waals surface area contributed by atoms with Gasteiger partial charge in [-0.3, -0.25) is 0 Å². The second kappa shape index (κ2) is 5.22. The largest absolute Gasteiger partial charge is 0.464 e. The van der Waals surface area contributed by atoms with E-state index in [0.29, 0.717) is 5.82 Å². The predicted octanol–water partition coefficient (Wildman–Crippen LogP) is 2.12. The minimum absolute atomic E-state index is 0.148. The molecule has 18 heavy (non-hydrogen) atoms. The molecular formula is C12H15N3O2S. The molecule has 2 rings (SSSR count). The van der Waals surface area contributed by atoms with Gasteiger partial charge >= 0.3 is 5.97 Å².